The highest BCUT2D eigenvalue weighted by molar-refractivity contribution is 5.25. The van der Waals surface area contributed by atoms with E-state index in [2.05, 4.69) is 43.1 Å². The SMILES string of the molecule is Cc1ccccc1CN(C)CC1CCC(N)C1. The van der Waals surface area contributed by atoms with Crippen LogP contribution in [0.25, 0.3) is 0 Å². The Morgan fingerprint density at radius 1 is 1.29 bits per heavy atom. The number of hydrogen-bond acceptors (Lipinski definition) is 2. The van der Waals surface area contributed by atoms with E-state index >= 15 is 0 Å². The number of hydrogen-bond donors (Lipinski definition) is 1. The van der Waals surface area contributed by atoms with Crippen molar-refractivity contribution in [2.24, 2.45) is 11.7 Å². The monoisotopic (exact) mass is 232 g/mol. The van der Waals surface area contributed by atoms with E-state index in [-0.39, 0.29) is 0 Å². The zero-order valence-electron chi connectivity index (χ0n) is 11.0. The highest BCUT2D eigenvalue weighted by Crippen LogP contribution is 2.25. The number of aryl methyl sites for hydroxylation is 1. The van der Waals surface area contributed by atoms with Crippen molar-refractivity contribution in [1.82, 2.24) is 4.90 Å². The summed E-state index contributed by atoms with van der Waals surface area (Å²) in [6.07, 6.45) is 3.72. The molecule has 0 amide bonds. The van der Waals surface area contributed by atoms with Crippen LogP contribution in [0, 0.1) is 12.8 Å². The molecule has 0 aliphatic heterocycles. The molecule has 0 aromatic heterocycles. The van der Waals surface area contributed by atoms with Crippen LogP contribution in [-0.4, -0.2) is 24.5 Å². The summed E-state index contributed by atoms with van der Waals surface area (Å²) in [5.41, 5.74) is 8.79. The first-order valence-corrected chi connectivity index (χ1v) is 6.64. The molecule has 2 nitrogen and oxygen atoms in total. The Hall–Kier alpha value is -0.860. The van der Waals surface area contributed by atoms with Gasteiger partial charge in [-0.3, -0.25) is 0 Å². The van der Waals surface area contributed by atoms with Crippen molar-refractivity contribution < 1.29 is 0 Å². The maximum absolute atomic E-state index is 5.96. The van der Waals surface area contributed by atoms with Crippen molar-refractivity contribution >= 4 is 0 Å². The van der Waals surface area contributed by atoms with Gasteiger partial charge in [0.15, 0.2) is 0 Å². The van der Waals surface area contributed by atoms with Gasteiger partial charge in [0.05, 0.1) is 0 Å². The highest BCUT2D eigenvalue weighted by atomic mass is 15.1. The molecular formula is C15H24N2. The topological polar surface area (TPSA) is 29.3 Å². The van der Waals surface area contributed by atoms with Gasteiger partial charge < -0.3 is 10.6 Å². The average molecular weight is 232 g/mol. The zero-order valence-corrected chi connectivity index (χ0v) is 11.0. The van der Waals surface area contributed by atoms with Crippen LogP contribution in [0.5, 0.6) is 0 Å². The van der Waals surface area contributed by atoms with Crippen LogP contribution in [0.1, 0.15) is 30.4 Å². The van der Waals surface area contributed by atoms with Gasteiger partial charge in [-0.15, -0.1) is 0 Å². The van der Waals surface area contributed by atoms with E-state index in [0.29, 0.717) is 6.04 Å². The van der Waals surface area contributed by atoms with E-state index in [1.165, 1.54) is 36.9 Å². The largest absolute Gasteiger partial charge is 0.328 e. The van der Waals surface area contributed by atoms with Crippen LogP contribution >= 0.6 is 0 Å². The van der Waals surface area contributed by atoms with Crippen LogP contribution < -0.4 is 5.73 Å². The van der Waals surface area contributed by atoms with Crippen LogP contribution in [0.3, 0.4) is 0 Å². The summed E-state index contributed by atoms with van der Waals surface area (Å²) in [5.74, 6) is 0.805. The van der Waals surface area contributed by atoms with Crippen LogP contribution in [0.15, 0.2) is 24.3 Å². The molecule has 0 heterocycles. The van der Waals surface area contributed by atoms with E-state index in [1.54, 1.807) is 0 Å². The normalized spacial score (nSPS) is 24.5. The zero-order chi connectivity index (χ0) is 12.3. The minimum absolute atomic E-state index is 0.451. The second-order valence-electron chi connectivity index (χ2n) is 5.56. The molecule has 2 atom stereocenters. The molecule has 2 N–H and O–H groups in total. The third kappa shape index (κ3) is 3.55. The molecule has 1 aliphatic carbocycles. The molecule has 1 aromatic rings. The van der Waals surface area contributed by atoms with Gasteiger partial charge in [-0.2, -0.15) is 0 Å². The number of nitrogens with two attached hydrogens (primary N) is 1. The van der Waals surface area contributed by atoms with E-state index < -0.39 is 0 Å². The number of rotatable bonds is 4. The lowest BCUT2D eigenvalue weighted by molar-refractivity contribution is 0.269. The summed E-state index contributed by atoms with van der Waals surface area (Å²) in [6.45, 7) is 4.43. The molecule has 0 bridgehead atoms. The van der Waals surface area contributed by atoms with E-state index in [9.17, 15) is 0 Å². The number of benzene rings is 1. The van der Waals surface area contributed by atoms with Gasteiger partial charge in [-0.25, -0.2) is 0 Å². The van der Waals surface area contributed by atoms with Crippen molar-refractivity contribution in [2.75, 3.05) is 13.6 Å². The van der Waals surface area contributed by atoms with Gasteiger partial charge >= 0.3 is 0 Å². The van der Waals surface area contributed by atoms with Crippen molar-refractivity contribution in [3.05, 3.63) is 35.4 Å². The molecule has 1 saturated carbocycles. The van der Waals surface area contributed by atoms with Crippen molar-refractivity contribution in [2.45, 2.75) is 38.8 Å². The van der Waals surface area contributed by atoms with Gasteiger partial charge in [-0.05, 0) is 50.3 Å². The lowest BCUT2D eigenvalue weighted by atomic mass is 10.1. The molecule has 1 aliphatic rings. The fraction of sp³-hybridized carbons (Fsp3) is 0.600. The van der Waals surface area contributed by atoms with Gasteiger partial charge in [0.25, 0.3) is 0 Å². The number of nitrogens with zero attached hydrogens (tertiary/aromatic N) is 1. The van der Waals surface area contributed by atoms with Crippen molar-refractivity contribution in [1.29, 1.82) is 0 Å². The van der Waals surface area contributed by atoms with Crippen LogP contribution in [-0.2, 0) is 6.54 Å². The first-order chi connectivity index (χ1) is 8.15. The van der Waals surface area contributed by atoms with Gasteiger partial charge in [-0.1, -0.05) is 24.3 Å². The predicted molar refractivity (Wildman–Crippen MR) is 72.8 cm³/mol. The first kappa shape index (κ1) is 12.6. The maximum atomic E-state index is 5.96. The smallest absolute Gasteiger partial charge is 0.0233 e. The molecule has 17 heavy (non-hydrogen) atoms. The average Bonchev–Trinajstić information content (AvgIpc) is 2.67. The van der Waals surface area contributed by atoms with Gasteiger partial charge in [0.2, 0.25) is 0 Å². The second kappa shape index (κ2) is 5.65. The molecular weight excluding hydrogens is 208 g/mol. The van der Waals surface area contributed by atoms with Crippen molar-refractivity contribution in [3.63, 3.8) is 0 Å². The second-order valence-corrected chi connectivity index (χ2v) is 5.56. The van der Waals surface area contributed by atoms with Gasteiger partial charge in [0.1, 0.15) is 0 Å². The summed E-state index contributed by atoms with van der Waals surface area (Å²) in [6, 6.07) is 9.10. The fourth-order valence-electron chi connectivity index (χ4n) is 2.86. The van der Waals surface area contributed by atoms with Crippen LogP contribution in [0.4, 0.5) is 0 Å². The third-order valence-corrected chi connectivity index (χ3v) is 3.85. The minimum atomic E-state index is 0.451. The molecule has 0 saturated heterocycles. The van der Waals surface area contributed by atoms with Crippen LogP contribution in [0.2, 0.25) is 0 Å². The molecule has 1 aromatic carbocycles. The molecule has 94 valence electrons. The van der Waals surface area contributed by atoms with Crippen molar-refractivity contribution in [3.8, 4) is 0 Å². The quantitative estimate of drug-likeness (QED) is 0.864. The Balaban J connectivity index is 1.85. The standard InChI is InChI=1S/C15H24N2/c1-12-5-3-4-6-14(12)11-17(2)10-13-7-8-15(16)9-13/h3-6,13,15H,7-11,16H2,1-2H3. The summed E-state index contributed by atoms with van der Waals surface area (Å²) in [4.78, 5) is 2.44. The lowest BCUT2D eigenvalue weighted by Crippen LogP contribution is -2.25. The molecule has 0 spiro atoms. The Kier molecular flexibility index (Phi) is 4.19. The Labute approximate surface area is 105 Å². The summed E-state index contributed by atoms with van der Waals surface area (Å²) in [5, 5.41) is 0. The summed E-state index contributed by atoms with van der Waals surface area (Å²) < 4.78 is 0. The van der Waals surface area contributed by atoms with E-state index in [1.807, 2.05) is 0 Å². The summed E-state index contributed by atoms with van der Waals surface area (Å²) in [7, 11) is 2.22. The molecule has 2 heteroatoms. The molecule has 1 fully saturated rings. The highest BCUT2D eigenvalue weighted by Gasteiger charge is 2.22. The Bertz CT molecular complexity index is 362. The molecule has 0 radical (unpaired) electrons. The molecule has 2 unspecified atom stereocenters. The van der Waals surface area contributed by atoms with Gasteiger partial charge in [0, 0.05) is 19.1 Å². The Morgan fingerprint density at radius 3 is 2.71 bits per heavy atom. The fourth-order valence-corrected chi connectivity index (χ4v) is 2.86. The first-order valence-electron chi connectivity index (χ1n) is 6.64. The third-order valence-electron chi connectivity index (χ3n) is 3.85. The summed E-state index contributed by atoms with van der Waals surface area (Å²) >= 11 is 0. The maximum Gasteiger partial charge on any atom is 0.0233 e. The Morgan fingerprint density at radius 2 is 2.06 bits per heavy atom. The predicted octanol–water partition coefficient (Wildman–Crippen LogP) is 2.55. The lowest BCUT2D eigenvalue weighted by Gasteiger charge is -2.21. The molecule has 2 rings (SSSR count). The van der Waals surface area contributed by atoms with E-state index in [4.69, 9.17) is 5.73 Å². The minimum Gasteiger partial charge on any atom is -0.328 e. The van der Waals surface area contributed by atoms with E-state index in [0.717, 1.165) is 12.5 Å².